The Balaban J connectivity index is 1.66. The number of nitrogens with two attached hydrogens (primary N) is 1. The third kappa shape index (κ3) is 3.03. The maximum Gasteiger partial charge on any atom is 0.242 e. The molecule has 1 amide bonds. The van der Waals surface area contributed by atoms with E-state index in [4.69, 9.17) is 10.5 Å². The molecule has 2 heterocycles. The van der Waals surface area contributed by atoms with Gasteiger partial charge < -0.3 is 15.4 Å². The van der Waals surface area contributed by atoms with Gasteiger partial charge in [0.25, 0.3) is 0 Å². The zero-order valence-electron chi connectivity index (χ0n) is 13.3. The summed E-state index contributed by atoms with van der Waals surface area (Å²) in [4.78, 5) is 14.8. The predicted octanol–water partition coefficient (Wildman–Crippen LogP) is 2.15. The van der Waals surface area contributed by atoms with E-state index in [1.807, 2.05) is 4.90 Å². The van der Waals surface area contributed by atoms with Gasteiger partial charge in [-0.2, -0.15) is 0 Å². The number of hydrogen-bond acceptors (Lipinski definition) is 3. The van der Waals surface area contributed by atoms with Gasteiger partial charge in [0.2, 0.25) is 5.91 Å². The van der Waals surface area contributed by atoms with Crippen LogP contribution in [0.4, 0.5) is 0 Å². The molecule has 2 aliphatic rings. The van der Waals surface area contributed by atoms with Gasteiger partial charge in [-0.05, 0) is 36.7 Å². The van der Waals surface area contributed by atoms with Gasteiger partial charge in [-0.15, -0.1) is 0 Å². The molecule has 1 aromatic rings. The van der Waals surface area contributed by atoms with Crippen LogP contribution < -0.4 is 5.73 Å². The molecular formula is C18H26N2O2. The highest BCUT2D eigenvalue weighted by Crippen LogP contribution is 2.34. The summed E-state index contributed by atoms with van der Waals surface area (Å²) in [6.07, 6.45) is 2.29. The minimum Gasteiger partial charge on any atom is -0.381 e. The van der Waals surface area contributed by atoms with E-state index < -0.39 is 5.54 Å². The number of hydrogen-bond donors (Lipinski definition) is 1. The van der Waals surface area contributed by atoms with Gasteiger partial charge in [-0.3, -0.25) is 4.79 Å². The van der Waals surface area contributed by atoms with Crippen LogP contribution >= 0.6 is 0 Å². The van der Waals surface area contributed by atoms with E-state index in [-0.39, 0.29) is 5.91 Å². The van der Waals surface area contributed by atoms with Crippen molar-refractivity contribution < 1.29 is 9.53 Å². The fraction of sp³-hybridized carbons (Fsp3) is 0.611. The number of carbonyl (C=O) groups is 1. The van der Waals surface area contributed by atoms with E-state index in [9.17, 15) is 4.79 Å². The molecule has 120 valence electrons. The summed E-state index contributed by atoms with van der Waals surface area (Å²) >= 11 is 0. The summed E-state index contributed by atoms with van der Waals surface area (Å²) in [5.41, 5.74) is 7.03. The van der Waals surface area contributed by atoms with Crippen LogP contribution in [0.1, 0.15) is 37.7 Å². The molecule has 2 fully saturated rings. The Labute approximate surface area is 132 Å². The van der Waals surface area contributed by atoms with Crippen molar-refractivity contribution in [3.8, 4) is 0 Å². The molecule has 0 aromatic heterocycles. The van der Waals surface area contributed by atoms with Gasteiger partial charge in [-0.1, -0.05) is 37.3 Å². The van der Waals surface area contributed by atoms with E-state index in [1.54, 1.807) is 0 Å². The molecule has 22 heavy (non-hydrogen) atoms. The van der Waals surface area contributed by atoms with Crippen LogP contribution in [0.15, 0.2) is 30.3 Å². The van der Waals surface area contributed by atoms with Gasteiger partial charge in [-0.25, -0.2) is 0 Å². The van der Waals surface area contributed by atoms with Crippen LogP contribution in [-0.4, -0.2) is 42.6 Å². The highest BCUT2D eigenvalue weighted by Gasteiger charge is 2.41. The lowest BCUT2D eigenvalue weighted by Gasteiger charge is -2.42. The van der Waals surface area contributed by atoms with Crippen molar-refractivity contribution in [2.24, 2.45) is 11.7 Å². The molecule has 3 rings (SSSR count). The summed E-state index contributed by atoms with van der Waals surface area (Å²) < 4.78 is 5.35. The van der Waals surface area contributed by atoms with E-state index in [1.165, 1.54) is 5.56 Å². The predicted molar refractivity (Wildman–Crippen MR) is 86.5 cm³/mol. The lowest BCUT2D eigenvalue weighted by Crippen LogP contribution is -2.59. The van der Waals surface area contributed by atoms with Crippen molar-refractivity contribution in [1.29, 1.82) is 0 Å². The van der Waals surface area contributed by atoms with Crippen molar-refractivity contribution in [2.45, 2.75) is 37.6 Å². The number of benzene rings is 1. The topological polar surface area (TPSA) is 55.6 Å². The van der Waals surface area contributed by atoms with E-state index in [2.05, 4.69) is 37.3 Å². The van der Waals surface area contributed by atoms with Gasteiger partial charge in [0.1, 0.15) is 0 Å². The van der Waals surface area contributed by atoms with Crippen molar-refractivity contribution in [3.05, 3.63) is 35.9 Å². The Kier molecular flexibility index (Phi) is 4.50. The van der Waals surface area contributed by atoms with E-state index in [0.717, 1.165) is 19.5 Å². The first kappa shape index (κ1) is 15.5. The molecule has 0 radical (unpaired) electrons. The number of nitrogens with zero attached hydrogens (tertiary/aromatic N) is 1. The van der Waals surface area contributed by atoms with Gasteiger partial charge >= 0.3 is 0 Å². The molecule has 2 N–H and O–H groups in total. The number of ether oxygens (including phenoxy) is 1. The second kappa shape index (κ2) is 6.39. The molecular weight excluding hydrogens is 276 g/mol. The zero-order valence-corrected chi connectivity index (χ0v) is 13.3. The molecule has 0 bridgehead atoms. The molecule has 2 aliphatic heterocycles. The van der Waals surface area contributed by atoms with Crippen LogP contribution in [-0.2, 0) is 9.53 Å². The summed E-state index contributed by atoms with van der Waals surface area (Å²) in [6.45, 7) is 5.04. The molecule has 0 saturated carbocycles. The fourth-order valence-corrected chi connectivity index (χ4v) is 3.79. The van der Waals surface area contributed by atoms with Crippen molar-refractivity contribution in [1.82, 2.24) is 4.90 Å². The first-order valence-corrected chi connectivity index (χ1v) is 8.31. The van der Waals surface area contributed by atoms with Crippen molar-refractivity contribution >= 4 is 5.91 Å². The summed E-state index contributed by atoms with van der Waals surface area (Å²) in [5, 5.41) is 0. The standard InChI is InChI=1S/C18H26N2O2/c1-14-13-20(17(21)18(19)8-11-22-12-9-18)10-7-16(14)15-5-3-2-4-6-15/h2-6,14,16H,7-13,19H2,1H3. The average molecular weight is 302 g/mol. The molecule has 2 saturated heterocycles. The minimum absolute atomic E-state index is 0.120. The molecule has 2 unspecified atom stereocenters. The van der Waals surface area contributed by atoms with Crippen LogP contribution in [0.25, 0.3) is 0 Å². The van der Waals surface area contributed by atoms with Crippen LogP contribution in [0.3, 0.4) is 0 Å². The van der Waals surface area contributed by atoms with E-state index >= 15 is 0 Å². The smallest absolute Gasteiger partial charge is 0.242 e. The Morgan fingerprint density at radius 1 is 1.27 bits per heavy atom. The number of piperidine rings is 1. The highest BCUT2D eigenvalue weighted by atomic mass is 16.5. The van der Waals surface area contributed by atoms with E-state index in [0.29, 0.717) is 37.9 Å². The first-order chi connectivity index (χ1) is 10.6. The summed E-state index contributed by atoms with van der Waals surface area (Å²) in [6, 6.07) is 10.6. The summed E-state index contributed by atoms with van der Waals surface area (Å²) in [7, 11) is 0. The second-order valence-electron chi connectivity index (χ2n) is 6.80. The molecule has 0 spiro atoms. The van der Waals surface area contributed by atoms with Crippen molar-refractivity contribution in [2.75, 3.05) is 26.3 Å². The monoisotopic (exact) mass is 302 g/mol. The molecule has 4 heteroatoms. The molecule has 2 atom stereocenters. The number of rotatable bonds is 2. The van der Waals surface area contributed by atoms with Crippen LogP contribution in [0, 0.1) is 5.92 Å². The highest BCUT2D eigenvalue weighted by molar-refractivity contribution is 5.86. The lowest BCUT2D eigenvalue weighted by molar-refractivity contribution is -0.142. The summed E-state index contributed by atoms with van der Waals surface area (Å²) in [5.74, 6) is 1.12. The maximum absolute atomic E-state index is 12.8. The van der Waals surface area contributed by atoms with Crippen LogP contribution in [0.2, 0.25) is 0 Å². The second-order valence-corrected chi connectivity index (χ2v) is 6.80. The Hall–Kier alpha value is -1.39. The molecule has 0 aliphatic carbocycles. The maximum atomic E-state index is 12.8. The number of amides is 1. The third-order valence-electron chi connectivity index (χ3n) is 5.23. The Bertz CT molecular complexity index is 511. The lowest BCUT2D eigenvalue weighted by atomic mass is 9.80. The minimum atomic E-state index is -0.711. The Morgan fingerprint density at radius 2 is 1.95 bits per heavy atom. The number of carbonyl (C=O) groups excluding carboxylic acids is 1. The SMILES string of the molecule is CC1CN(C(=O)C2(N)CCOCC2)CCC1c1ccccc1. The van der Waals surface area contributed by atoms with Gasteiger partial charge in [0, 0.05) is 26.3 Å². The van der Waals surface area contributed by atoms with Gasteiger partial charge in [0.05, 0.1) is 5.54 Å². The zero-order chi connectivity index (χ0) is 15.6. The molecule has 4 nitrogen and oxygen atoms in total. The largest absolute Gasteiger partial charge is 0.381 e. The Morgan fingerprint density at radius 3 is 2.59 bits per heavy atom. The quantitative estimate of drug-likeness (QED) is 0.910. The van der Waals surface area contributed by atoms with Crippen molar-refractivity contribution in [3.63, 3.8) is 0 Å². The average Bonchev–Trinajstić information content (AvgIpc) is 2.55. The normalized spacial score (nSPS) is 28.4. The number of likely N-dealkylation sites (tertiary alicyclic amines) is 1. The van der Waals surface area contributed by atoms with Gasteiger partial charge in [0.15, 0.2) is 0 Å². The fourth-order valence-electron chi connectivity index (χ4n) is 3.79. The van der Waals surface area contributed by atoms with Crippen LogP contribution in [0.5, 0.6) is 0 Å². The first-order valence-electron chi connectivity index (χ1n) is 8.31. The third-order valence-corrected chi connectivity index (χ3v) is 5.23. The molecule has 1 aromatic carbocycles.